The number of hydrogen-bond acceptors (Lipinski definition) is 7. The molecule has 0 aromatic rings. The summed E-state index contributed by atoms with van der Waals surface area (Å²) in [5.41, 5.74) is 0. The molecular formula is C12H18N2O6. The van der Waals surface area contributed by atoms with Crippen molar-refractivity contribution in [2.75, 3.05) is 19.8 Å². The van der Waals surface area contributed by atoms with Crippen molar-refractivity contribution in [2.45, 2.75) is 32.9 Å². The van der Waals surface area contributed by atoms with Crippen LogP contribution in [0.4, 0.5) is 0 Å². The number of hydrogen-bond donors (Lipinski definition) is 1. The van der Waals surface area contributed by atoms with Crippen molar-refractivity contribution >= 4 is 23.7 Å². The zero-order chi connectivity index (χ0) is 15.1. The number of esters is 2. The third-order valence-corrected chi connectivity index (χ3v) is 2.39. The molecule has 0 spiro atoms. The molecule has 8 heteroatoms. The summed E-state index contributed by atoms with van der Waals surface area (Å²) < 4.78 is 14.9. The van der Waals surface area contributed by atoms with Crippen molar-refractivity contribution in [1.29, 1.82) is 0 Å². The molecule has 0 fully saturated rings. The summed E-state index contributed by atoms with van der Waals surface area (Å²) in [7, 11) is 0. The second kappa shape index (κ2) is 7.46. The molecule has 20 heavy (non-hydrogen) atoms. The van der Waals surface area contributed by atoms with Crippen LogP contribution in [0.1, 0.15) is 20.8 Å². The lowest BCUT2D eigenvalue weighted by Gasteiger charge is -2.27. The van der Waals surface area contributed by atoms with Crippen LogP contribution in [0.15, 0.2) is 4.99 Å². The second-order valence-corrected chi connectivity index (χ2v) is 4.08. The molecule has 1 amide bonds. The minimum absolute atomic E-state index is 0.0554. The van der Waals surface area contributed by atoms with Gasteiger partial charge in [0.2, 0.25) is 11.8 Å². The highest BCUT2D eigenvalue weighted by Gasteiger charge is 2.32. The molecule has 0 aromatic carbocycles. The minimum atomic E-state index is -0.853. The Kier molecular flexibility index (Phi) is 5.95. The molecule has 1 aliphatic heterocycles. The van der Waals surface area contributed by atoms with E-state index >= 15 is 0 Å². The van der Waals surface area contributed by atoms with Crippen LogP contribution in [0, 0.1) is 0 Å². The van der Waals surface area contributed by atoms with Crippen molar-refractivity contribution < 1.29 is 28.6 Å². The van der Waals surface area contributed by atoms with Crippen LogP contribution in [0.25, 0.3) is 0 Å². The SMILES string of the molecule is CCOC1=N[C@H](COC(C)=O)C(=O)N[C@@H]1COC(C)=O. The van der Waals surface area contributed by atoms with E-state index in [1.165, 1.54) is 13.8 Å². The number of nitrogens with zero attached hydrogens (tertiary/aromatic N) is 1. The van der Waals surface area contributed by atoms with E-state index in [2.05, 4.69) is 10.3 Å². The Morgan fingerprint density at radius 2 is 1.80 bits per heavy atom. The standard InChI is InChI=1S/C12H18N2O6/c1-4-18-12-10(6-20-8(3)16)13-11(17)9(14-12)5-19-7(2)15/h9-10H,4-6H2,1-3H3,(H,13,17)/t9-,10-/m1/s1. The van der Waals surface area contributed by atoms with Gasteiger partial charge in [-0.05, 0) is 6.92 Å². The second-order valence-electron chi connectivity index (χ2n) is 4.08. The zero-order valence-corrected chi connectivity index (χ0v) is 11.7. The first-order valence-electron chi connectivity index (χ1n) is 6.21. The van der Waals surface area contributed by atoms with E-state index in [0.717, 1.165) is 0 Å². The molecular weight excluding hydrogens is 268 g/mol. The molecule has 0 bridgehead atoms. The number of aliphatic imine (C=N–C) groups is 1. The van der Waals surface area contributed by atoms with Crippen LogP contribution >= 0.6 is 0 Å². The fourth-order valence-electron chi connectivity index (χ4n) is 1.54. The first kappa shape index (κ1) is 15.9. The van der Waals surface area contributed by atoms with Gasteiger partial charge in [-0.15, -0.1) is 0 Å². The van der Waals surface area contributed by atoms with Gasteiger partial charge in [0.05, 0.1) is 6.61 Å². The lowest BCUT2D eigenvalue weighted by Crippen LogP contribution is -2.54. The Labute approximate surface area is 116 Å². The highest BCUT2D eigenvalue weighted by molar-refractivity contribution is 5.95. The van der Waals surface area contributed by atoms with Gasteiger partial charge >= 0.3 is 11.9 Å². The predicted molar refractivity (Wildman–Crippen MR) is 68.0 cm³/mol. The number of rotatable bonds is 5. The van der Waals surface area contributed by atoms with E-state index in [4.69, 9.17) is 14.2 Å². The first-order chi connectivity index (χ1) is 9.43. The maximum atomic E-state index is 11.8. The van der Waals surface area contributed by atoms with Gasteiger partial charge in [-0.2, -0.15) is 0 Å². The predicted octanol–water partition coefficient (Wildman–Crippen LogP) is -0.585. The number of carbonyl (C=O) groups excluding carboxylic acids is 3. The van der Waals surface area contributed by atoms with Gasteiger partial charge in [0.1, 0.15) is 19.3 Å². The van der Waals surface area contributed by atoms with Crippen LogP contribution < -0.4 is 5.32 Å². The number of ether oxygens (including phenoxy) is 3. The van der Waals surface area contributed by atoms with Gasteiger partial charge in [-0.3, -0.25) is 14.4 Å². The fourth-order valence-corrected chi connectivity index (χ4v) is 1.54. The van der Waals surface area contributed by atoms with Crippen LogP contribution in [0.2, 0.25) is 0 Å². The van der Waals surface area contributed by atoms with Gasteiger partial charge < -0.3 is 19.5 Å². The van der Waals surface area contributed by atoms with Crippen molar-refractivity contribution in [3.63, 3.8) is 0 Å². The van der Waals surface area contributed by atoms with Gasteiger partial charge in [0.25, 0.3) is 0 Å². The van der Waals surface area contributed by atoms with Crippen molar-refractivity contribution in [3.8, 4) is 0 Å². The molecule has 0 aromatic heterocycles. The Hall–Kier alpha value is -2.12. The normalized spacial score (nSPS) is 21.6. The highest BCUT2D eigenvalue weighted by Crippen LogP contribution is 2.07. The summed E-state index contributed by atoms with van der Waals surface area (Å²) in [5, 5.41) is 2.62. The van der Waals surface area contributed by atoms with Gasteiger partial charge in [0.15, 0.2) is 6.04 Å². The molecule has 1 N–H and O–H groups in total. The molecule has 0 saturated carbocycles. The van der Waals surface area contributed by atoms with E-state index < -0.39 is 29.9 Å². The summed E-state index contributed by atoms with van der Waals surface area (Å²) in [6, 6.07) is -1.48. The molecule has 0 aliphatic carbocycles. The maximum absolute atomic E-state index is 11.8. The van der Waals surface area contributed by atoms with Crippen molar-refractivity contribution in [1.82, 2.24) is 5.32 Å². The van der Waals surface area contributed by atoms with Gasteiger partial charge in [-0.25, -0.2) is 4.99 Å². The fraction of sp³-hybridized carbons (Fsp3) is 0.667. The molecule has 8 nitrogen and oxygen atoms in total. The Bertz CT molecular complexity index is 420. The quantitative estimate of drug-likeness (QED) is 0.678. The van der Waals surface area contributed by atoms with E-state index in [0.29, 0.717) is 6.61 Å². The van der Waals surface area contributed by atoms with Crippen molar-refractivity contribution in [3.05, 3.63) is 0 Å². The average Bonchev–Trinajstić information content (AvgIpc) is 2.37. The molecule has 0 radical (unpaired) electrons. The lowest BCUT2D eigenvalue weighted by atomic mass is 10.2. The summed E-state index contributed by atoms with van der Waals surface area (Å²) in [5.74, 6) is -1.11. The third kappa shape index (κ3) is 4.87. The molecule has 0 saturated heterocycles. The number of amides is 1. The van der Waals surface area contributed by atoms with Gasteiger partial charge in [0, 0.05) is 13.8 Å². The van der Waals surface area contributed by atoms with Crippen molar-refractivity contribution in [2.24, 2.45) is 4.99 Å². The maximum Gasteiger partial charge on any atom is 0.302 e. The molecule has 1 heterocycles. The number of nitrogens with one attached hydrogen (secondary N) is 1. The first-order valence-corrected chi connectivity index (χ1v) is 6.21. The molecule has 2 atom stereocenters. The van der Waals surface area contributed by atoms with E-state index in [1.54, 1.807) is 6.92 Å². The lowest BCUT2D eigenvalue weighted by molar-refractivity contribution is -0.144. The Balaban J connectivity index is 2.74. The summed E-state index contributed by atoms with van der Waals surface area (Å²) in [6.07, 6.45) is 0. The van der Waals surface area contributed by atoms with Gasteiger partial charge in [-0.1, -0.05) is 0 Å². The average molecular weight is 286 g/mol. The zero-order valence-electron chi connectivity index (χ0n) is 11.7. The summed E-state index contributed by atoms with van der Waals surface area (Å²) in [4.78, 5) is 37.5. The van der Waals surface area contributed by atoms with Crippen LogP contribution in [-0.2, 0) is 28.6 Å². The number of carbonyl (C=O) groups is 3. The third-order valence-electron chi connectivity index (χ3n) is 2.39. The topological polar surface area (TPSA) is 103 Å². The van der Waals surface area contributed by atoms with E-state index in [1.807, 2.05) is 0 Å². The summed E-state index contributed by atoms with van der Waals surface area (Å²) >= 11 is 0. The molecule has 1 rings (SSSR count). The summed E-state index contributed by atoms with van der Waals surface area (Å²) in [6.45, 7) is 4.43. The Morgan fingerprint density at radius 3 is 2.35 bits per heavy atom. The van der Waals surface area contributed by atoms with Crippen LogP contribution in [0.5, 0.6) is 0 Å². The largest absolute Gasteiger partial charge is 0.480 e. The van der Waals surface area contributed by atoms with E-state index in [9.17, 15) is 14.4 Å². The minimum Gasteiger partial charge on any atom is -0.480 e. The highest BCUT2D eigenvalue weighted by atomic mass is 16.5. The Morgan fingerprint density at radius 1 is 1.20 bits per heavy atom. The van der Waals surface area contributed by atoms with E-state index in [-0.39, 0.29) is 19.1 Å². The molecule has 0 unspecified atom stereocenters. The van der Waals surface area contributed by atoms with Crippen LogP contribution in [-0.4, -0.2) is 55.6 Å². The molecule has 1 aliphatic rings. The smallest absolute Gasteiger partial charge is 0.302 e. The monoisotopic (exact) mass is 286 g/mol. The molecule has 112 valence electrons. The van der Waals surface area contributed by atoms with Crippen LogP contribution in [0.3, 0.4) is 0 Å².